The van der Waals surface area contributed by atoms with E-state index in [1.165, 1.54) is 10.6 Å². The van der Waals surface area contributed by atoms with Crippen molar-refractivity contribution in [2.75, 3.05) is 0 Å². The average molecular weight is 577 g/mol. The highest BCUT2D eigenvalue weighted by molar-refractivity contribution is 8.25. The molecule has 0 spiro atoms. The molecule has 0 saturated heterocycles. The number of benzene rings is 7. The van der Waals surface area contributed by atoms with Crippen LogP contribution in [-0.2, 0) is 11.8 Å². The summed E-state index contributed by atoms with van der Waals surface area (Å²) in [5.74, 6) is 2.93. The number of rotatable bonds is 4. The van der Waals surface area contributed by atoms with Gasteiger partial charge in [-0.1, -0.05) is 145 Å². The molecule has 0 aromatic heterocycles. The quantitative estimate of drug-likeness (QED) is 0.195. The Kier molecular flexibility index (Phi) is 5.96. The van der Waals surface area contributed by atoms with Gasteiger partial charge in [-0.15, -0.1) is 0 Å². The van der Waals surface area contributed by atoms with E-state index in [0.29, 0.717) is 5.75 Å². The third kappa shape index (κ3) is 3.97. The number of hydrogen-bond acceptors (Lipinski definition) is 3. The molecule has 200 valence electrons. The molecule has 0 atom stereocenters. The Morgan fingerprint density at radius 2 is 1.00 bits per heavy atom. The zero-order valence-electron chi connectivity index (χ0n) is 22.6. The van der Waals surface area contributed by atoms with Crippen LogP contribution in [0.25, 0.3) is 32.7 Å². The van der Waals surface area contributed by atoms with Crippen molar-refractivity contribution < 1.29 is 9.47 Å². The van der Waals surface area contributed by atoms with Gasteiger partial charge in [0.05, 0.1) is 0 Å². The fraction of sp³-hybridized carbons (Fsp3) is 0. The summed E-state index contributed by atoms with van der Waals surface area (Å²) in [7, 11) is 0. The molecule has 8 rings (SSSR count). The second kappa shape index (κ2) is 9.99. The Labute approximate surface area is 249 Å². The summed E-state index contributed by atoms with van der Waals surface area (Å²) in [4.78, 5) is 0. The van der Waals surface area contributed by atoms with Gasteiger partial charge in [-0.05, 0) is 56.0 Å². The Hall–Kier alpha value is -4.69. The fourth-order valence-electron chi connectivity index (χ4n) is 5.96. The summed E-state index contributed by atoms with van der Waals surface area (Å²) >= 11 is 6.66. The fourth-order valence-corrected chi connectivity index (χ4v) is 9.73. The third-order valence-electron chi connectivity index (χ3n) is 7.99. The molecule has 2 nitrogen and oxygen atoms in total. The first-order valence-corrected chi connectivity index (χ1v) is 16.8. The zero-order chi connectivity index (χ0) is 28.1. The van der Waals surface area contributed by atoms with E-state index in [1.54, 1.807) is 0 Å². The predicted molar refractivity (Wildman–Crippen MR) is 180 cm³/mol. The van der Waals surface area contributed by atoms with Crippen LogP contribution < -0.4 is 25.4 Å². The van der Waals surface area contributed by atoms with Crippen LogP contribution in [0.2, 0.25) is 0 Å². The highest BCUT2D eigenvalue weighted by Crippen LogP contribution is 2.53. The first-order valence-electron chi connectivity index (χ1n) is 14.0. The van der Waals surface area contributed by atoms with Gasteiger partial charge < -0.3 is 9.47 Å². The monoisotopic (exact) mass is 576 g/mol. The van der Waals surface area contributed by atoms with Crippen molar-refractivity contribution in [3.05, 3.63) is 152 Å². The molecule has 7 aromatic carbocycles. The van der Waals surface area contributed by atoms with Gasteiger partial charge in [-0.25, -0.2) is 0 Å². The van der Waals surface area contributed by atoms with Crippen LogP contribution in [0.1, 0.15) is 0 Å². The number of hydrogen-bond donors (Lipinski definition) is 0. The summed E-state index contributed by atoms with van der Waals surface area (Å²) in [6, 6.07) is 50.4. The van der Waals surface area contributed by atoms with Crippen molar-refractivity contribution in [2.24, 2.45) is 0 Å². The zero-order valence-corrected chi connectivity index (χ0v) is 24.3. The van der Waals surface area contributed by atoms with Crippen LogP contribution in [0.15, 0.2) is 152 Å². The van der Waals surface area contributed by atoms with Crippen LogP contribution in [0, 0.1) is 0 Å². The smallest absolute Gasteiger partial charge is 0.177 e. The first kappa shape index (κ1) is 25.1. The van der Waals surface area contributed by atoms with E-state index in [2.05, 4.69) is 115 Å². The van der Waals surface area contributed by atoms with Crippen LogP contribution in [0.4, 0.5) is 0 Å². The molecule has 0 fully saturated rings. The van der Waals surface area contributed by atoms with Crippen LogP contribution in [0.5, 0.6) is 23.0 Å². The summed E-state index contributed by atoms with van der Waals surface area (Å²) < 4.78 is 13.2. The van der Waals surface area contributed by atoms with Gasteiger partial charge in [-0.2, -0.15) is 0 Å². The van der Waals surface area contributed by atoms with Crippen molar-refractivity contribution in [1.82, 2.24) is 0 Å². The molecule has 0 saturated carbocycles. The maximum absolute atomic E-state index is 6.66. The molecular weight excluding hydrogens is 551 g/mol. The molecule has 0 N–H and O–H groups in total. The van der Waals surface area contributed by atoms with E-state index in [4.69, 9.17) is 21.3 Å². The molecule has 0 aliphatic carbocycles. The van der Waals surface area contributed by atoms with E-state index in [9.17, 15) is 0 Å². The summed E-state index contributed by atoms with van der Waals surface area (Å²) in [5, 5.41) is 7.78. The molecule has 1 aliphatic heterocycles. The molecule has 0 radical (unpaired) electrons. The van der Waals surface area contributed by atoms with Crippen LogP contribution >= 0.6 is 6.04 Å². The van der Waals surface area contributed by atoms with Gasteiger partial charge >= 0.3 is 0 Å². The minimum atomic E-state index is -2.30. The van der Waals surface area contributed by atoms with Crippen molar-refractivity contribution in [1.29, 1.82) is 0 Å². The van der Waals surface area contributed by atoms with E-state index in [-0.39, 0.29) is 0 Å². The Bertz CT molecular complexity index is 2130. The molecule has 0 amide bonds. The van der Waals surface area contributed by atoms with Gasteiger partial charge in [0.15, 0.2) is 23.0 Å². The van der Waals surface area contributed by atoms with Crippen LogP contribution in [0.3, 0.4) is 0 Å². The molecule has 4 heteroatoms. The first-order chi connectivity index (χ1) is 20.7. The maximum atomic E-state index is 6.66. The summed E-state index contributed by atoms with van der Waals surface area (Å²) in [5.41, 5.74) is 2.18. The minimum absolute atomic E-state index is 0.712. The molecule has 7 aromatic rings. The topological polar surface area (TPSA) is 18.5 Å². The molecule has 0 bridgehead atoms. The van der Waals surface area contributed by atoms with E-state index in [1.807, 2.05) is 36.4 Å². The van der Waals surface area contributed by atoms with Crippen molar-refractivity contribution >= 4 is 55.3 Å². The second-order valence-corrected chi connectivity index (χ2v) is 14.9. The SMILES string of the molecule is S=P(c1ccccc1)(c1ccccc1)c1cccc(-c2cc3c(c4ccccc24)Oc2ccc4ccccc4c2O3)c1. The largest absolute Gasteiger partial charge is 0.449 e. The highest BCUT2D eigenvalue weighted by atomic mass is 32.4. The van der Waals surface area contributed by atoms with Gasteiger partial charge in [0, 0.05) is 16.8 Å². The van der Waals surface area contributed by atoms with Gasteiger partial charge in [-0.3, -0.25) is 0 Å². The highest BCUT2D eigenvalue weighted by Gasteiger charge is 2.27. The lowest BCUT2D eigenvalue weighted by Crippen LogP contribution is -2.24. The van der Waals surface area contributed by atoms with Gasteiger partial charge in [0.25, 0.3) is 0 Å². The number of fused-ring (bicyclic) bond motifs is 6. The van der Waals surface area contributed by atoms with E-state index < -0.39 is 6.04 Å². The second-order valence-electron chi connectivity index (χ2n) is 10.4. The third-order valence-corrected chi connectivity index (χ3v) is 12.9. The average Bonchev–Trinajstić information content (AvgIpc) is 3.07. The minimum Gasteiger partial charge on any atom is -0.449 e. The molecular formula is C38H25O2PS. The Morgan fingerprint density at radius 1 is 0.429 bits per heavy atom. The van der Waals surface area contributed by atoms with Crippen molar-refractivity contribution in [2.45, 2.75) is 0 Å². The lowest BCUT2D eigenvalue weighted by molar-refractivity contribution is 0.367. The molecule has 42 heavy (non-hydrogen) atoms. The Balaban J connectivity index is 1.32. The van der Waals surface area contributed by atoms with E-state index >= 15 is 0 Å². The normalized spacial score (nSPS) is 12.3. The summed E-state index contributed by atoms with van der Waals surface area (Å²) in [6.07, 6.45) is 0. The summed E-state index contributed by atoms with van der Waals surface area (Å²) in [6.45, 7) is 0. The predicted octanol–water partition coefficient (Wildman–Crippen LogP) is 9.31. The molecule has 1 aliphatic rings. The van der Waals surface area contributed by atoms with Gasteiger partial charge in [0.1, 0.15) is 0 Å². The molecule has 1 heterocycles. The lowest BCUT2D eigenvalue weighted by Gasteiger charge is -2.26. The Morgan fingerprint density at radius 3 is 1.74 bits per heavy atom. The van der Waals surface area contributed by atoms with Crippen molar-refractivity contribution in [3.8, 4) is 34.1 Å². The van der Waals surface area contributed by atoms with E-state index in [0.717, 1.165) is 55.2 Å². The van der Waals surface area contributed by atoms with Crippen molar-refractivity contribution in [3.63, 3.8) is 0 Å². The standard InChI is InChI=1S/C38H25O2PS/c42-41(28-14-3-1-4-15-28,29-16-5-2-6-17-29)30-18-11-13-27(24-30)34-25-36-38(33-21-10-9-20-32(33)34)39-35-23-22-26-12-7-8-19-31(26)37(35)40-36/h1-25H. The molecule has 0 unspecified atom stereocenters. The van der Waals surface area contributed by atoms with Gasteiger partial charge in [0.2, 0.25) is 0 Å². The number of ether oxygens (including phenoxy) is 2. The van der Waals surface area contributed by atoms with Crippen LogP contribution in [-0.4, -0.2) is 0 Å². The maximum Gasteiger partial charge on any atom is 0.177 e. The lowest BCUT2D eigenvalue weighted by atomic mass is 9.96.